The normalized spacial score (nSPS) is 16.4. The van der Waals surface area contributed by atoms with Gasteiger partial charge in [-0.1, -0.05) is 0 Å². The molecule has 0 spiro atoms. The molecule has 0 aliphatic heterocycles. The van der Waals surface area contributed by atoms with Crippen LogP contribution in [-0.4, -0.2) is 39.5 Å². The lowest BCUT2D eigenvalue weighted by molar-refractivity contribution is 0.340. The molecule has 1 fully saturated rings. The highest BCUT2D eigenvalue weighted by atomic mass is 79.9. The summed E-state index contributed by atoms with van der Waals surface area (Å²) < 4.78 is 32.4. The van der Waals surface area contributed by atoms with Crippen molar-refractivity contribution in [1.82, 2.24) is 4.31 Å². The van der Waals surface area contributed by atoms with Crippen LogP contribution in [0.1, 0.15) is 12.8 Å². The van der Waals surface area contributed by atoms with Crippen LogP contribution in [0.25, 0.3) is 0 Å². The lowest BCUT2D eigenvalue weighted by Gasteiger charge is -2.26. The van der Waals surface area contributed by atoms with Crippen LogP contribution in [0.15, 0.2) is 27.6 Å². The van der Waals surface area contributed by atoms with E-state index in [1.165, 1.54) is 11.4 Å². The smallest absolute Gasteiger partial charge is 0.243 e. The van der Waals surface area contributed by atoms with Crippen molar-refractivity contribution >= 4 is 38.4 Å². The van der Waals surface area contributed by atoms with Crippen LogP contribution in [0.3, 0.4) is 0 Å². The third-order valence-corrected chi connectivity index (χ3v) is 6.17. The third kappa shape index (κ3) is 3.90. The van der Waals surface area contributed by atoms with Crippen LogP contribution >= 0.6 is 28.3 Å². The molecule has 1 aromatic rings. The monoisotopic (exact) mass is 398 g/mol. The molecule has 1 saturated carbocycles. The van der Waals surface area contributed by atoms with Gasteiger partial charge in [0.15, 0.2) is 0 Å². The van der Waals surface area contributed by atoms with E-state index >= 15 is 0 Å². The second-order valence-corrected chi connectivity index (χ2v) is 7.81. The minimum absolute atomic E-state index is 0. The van der Waals surface area contributed by atoms with Gasteiger partial charge < -0.3 is 10.5 Å². The maximum absolute atomic E-state index is 12.6. The largest absolute Gasteiger partial charge is 0.496 e. The zero-order chi connectivity index (χ0) is 14.9. The molecule has 120 valence electrons. The molecular weight excluding hydrogens is 380 g/mol. The minimum Gasteiger partial charge on any atom is -0.496 e. The van der Waals surface area contributed by atoms with E-state index in [-0.39, 0.29) is 23.3 Å². The molecular formula is C13H20BrClN2O3S. The average molecular weight is 400 g/mol. The second-order valence-electron chi connectivity index (χ2n) is 4.96. The molecule has 0 saturated heterocycles. The second kappa shape index (κ2) is 7.28. The Balaban J connectivity index is 0.00000220. The first-order chi connectivity index (χ1) is 9.41. The summed E-state index contributed by atoms with van der Waals surface area (Å²) in [6.07, 6.45) is 2.10. The molecule has 1 aromatic carbocycles. The zero-order valence-electron chi connectivity index (χ0n) is 12.0. The Morgan fingerprint density at radius 1 is 1.48 bits per heavy atom. The van der Waals surface area contributed by atoms with Crippen molar-refractivity contribution in [2.45, 2.75) is 23.8 Å². The molecule has 1 atom stereocenters. The minimum atomic E-state index is -3.54. The number of nitrogens with two attached hydrogens (primary N) is 1. The summed E-state index contributed by atoms with van der Waals surface area (Å²) in [5.41, 5.74) is 5.73. The van der Waals surface area contributed by atoms with E-state index in [4.69, 9.17) is 10.5 Å². The predicted octanol–water partition coefficient (Wildman–Crippen LogP) is 2.24. The van der Waals surface area contributed by atoms with Crippen LogP contribution < -0.4 is 10.5 Å². The number of methoxy groups -OCH3 is 1. The molecule has 1 unspecified atom stereocenters. The van der Waals surface area contributed by atoms with Gasteiger partial charge in [0.05, 0.1) is 16.5 Å². The molecule has 2 N–H and O–H groups in total. The summed E-state index contributed by atoms with van der Waals surface area (Å²) in [4.78, 5) is 0.242. The number of hydrogen-bond donors (Lipinski definition) is 1. The van der Waals surface area contributed by atoms with E-state index in [2.05, 4.69) is 15.9 Å². The lowest BCUT2D eigenvalue weighted by atomic mass is 10.2. The quantitative estimate of drug-likeness (QED) is 0.796. The molecule has 1 aliphatic carbocycles. The molecule has 0 radical (unpaired) electrons. The first-order valence-electron chi connectivity index (χ1n) is 6.43. The highest BCUT2D eigenvalue weighted by Gasteiger charge is 2.38. The Morgan fingerprint density at radius 2 is 2.10 bits per heavy atom. The number of halogens is 2. The van der Waals surface area contributed by atoms with Crippen molar-refractivity contribution < 1.29 is 13.2 Å². The molecule has 0 amide bonds. The number of ether oxygens (including phenoxy) is 1. The van der Waals surface area contributed by atoms with Crippen molar-refractivity contribution in [3.63, 3.8) is 0 Å². The van der Waals surface area contributed by atoms with E-state index in [1.54, 1.807) is 25.2 Å². The van der Waals surface area contributed by atoms with Gasteiger partial charge in [-0.15, -0.1) is 12.4 Å². The van der Waals surface area contributed by atoms with Gasteiger partial charge in [-0.25, -0.2) is 8.42 Å². The molecule has 8 heteroatoms. The van der Waals surface area contributed by atoms with Crippen molar-refractivity contribution in [2.75, 3.05) is 20.7 Å². The van der Waals surface area contributed by atoms with Crippen molar-refractivity contribution in [1.29, 1.82) is 0 Å². The molecule has 1 aliphatic rings. The number of likely N-dealkylation sites (N-methyl/N-ethyl adjacent to an activating group) is 1. The lowest BCUT2D eigenvalue weighted by Crippen LogP contribution is -2.43. The van der Waals surface area contributed by atoms with Crippen molar-refractivity contribution in [3.05, 3.63) is 22.7 Å². The number of hydrogen-bond acceptors (Lipinski definition) is 4. The Morgan fingerprint density at radius 3 is 2.52 bits per heavy atom. The summed E-state index contributed by atoms with van der Waals surface area (Å²) >= 11 is 3.31. The summed E-state index contributed by atoms with van der Waals surface area (Å²) in [5, 5.41) is 0. The van der Waals surface area contributed by atoms with Gasteiger partial charge in [0, 0.05) is 19.6 Å². The fourth-order valence-electron chi connectivity index (χ4n) is 2.27. The predicted molar refractivity (Wildman–Crippen MR) is 88.5 cm³/mol. The summed E-state index contributed by atoms with van der Waals surface area (Å²) in [6, 6.07) is 4.63. The fourth-order valence-corrected chi connectivity index (χ4v) is 4.42. The molecule has 21 heavy (non-hydrogen) atoms. The zero-order valence-corrected chi connectivity index (χ0v) is 15.2. The summed E-state index contributed by atoms with van der Waals surface area (Å²) in [5.74, 6) is 0.991. The van der Waals surface area contributed by atoms with Crippen LogP contribution in [0.2, 0.25) is 0 Å². The first-order valence-corrected chi connectivity index (χ1v) is 8.66. The Bertz CT molecular complexity index is 593. The average Bonchev–Trinajstić information content (AvgIpc) is 3.24. The maximum Gasteiger partial charge on any atom is 0.243 e. The molecule has 0 bridgehead atoms. The standard InChI is InChI=1S/C13H19BrN2O3S.ClH/c1-16(12(8-15)9-3-4-9)20(17,18)10-5-6-13(19-2)11(14)7-10;/h5-7,9,12H,3-4,8,15H2,1-2H3;1H. The van der Waals surface area contributed by atoms with Crippen molar-refractivity contribution in [3.8, 4) is 5.75 Å². The Labute approximate surface area is 140 Å². The SMILES string of the molecule is COc1ccc(S(=O)(=O)N(C)C(CN)C2CC2)cc1Br.Cl. The molecule has 2 rings (SSSR count). The molecule has 0 heterocycles. The van der Waals surface area contributed by atoms with Gasteiger partial charge >= 0.3 is 0 Å². The highest BCUT2D eigenvalue weighted by molar-refractivity contribution is 9.10. The van der Waals surface area contributed by atoms with Crippen LogP contribution in [0.5, 0.6) is 5.75 Å². The topological polar surface area (TPSA) is 72.6 Å². The third-order valence-electron chi connectivity index (χ3n) is 3.67. The van der Waals surface area contributed by atoms with E-state index in [0.717, 1.165) is 12.8 Å². The highest BCUT2D eigenvalue weighted by Crippen LogP contribution is 2.37. The van der Waals surface area contributed by atoms with E-state index in [9.17, 15) is 8.42 Å². The van der Waals surface area contributed by atoms with Gasteiger partial charge in [0.2, 0.25) is 10.0 Å². The van der Waals surface area contributed by atoms with Crippen LogP contribution in [-0.2, 0) is 10.0 Å². The molecule has 5 nitrogen and oxygen atoms in total. The molecule has 0 aromatic heterocycles. The number of benzene rings is 1. The van der Waals surface area contributed by atoms with Gasteiger partial charge in [-0.3, -0.25) is 0 Å². The van der Waals surface area contributed by atoms with E-state index in [1.807, 2.05) is 0 Å². The van der Waals surface area contributed by atoms with Gasteiger partial charge in [0.1, 0.15) is 5.75 Å². The maximum atomic E-state index is 12.6. The summed E-state index contributed by atoms with van der Waals surface area (Å²) in [6.45, 7) is 0.345. The van der Waals surface area contributed by atoms with Gasteiger partial charge in [0.25, 0.3) is 0 Å². The number of sulfonamides is 1. The number of nitrogens with zero attached hydrogens (tertiary/aromatic N) is 1. The van der Waals surface area contributed by atoms with Crippen LogP contribution in [0, 0.1) is 5.92 Å². The Kier molecular flexibility index (Phi) is 6.49. The first kappa shape index (κ1) is 18.7. The fraction of sp³-hybridized carbons (Fsp3) is 0.538. The van der Waals surface area contributed by atoms with Crippen LogP contribution in [0.4, 0.5) is 0 Å². The van der Waals surface area contributed by atoms with Crippen molar-refractivity contribution in [2.24, 2.45) is 11.7 Å². The van der Waals surface area contributed by atoms with Gasteiger partial charge in [-0.2, -0.15) is 4.31 Å². The Hall–Kier alpha value is -0.340. The van der Waals surface area contributed by atoms with Gasteiger partial charge in [-0.05, 0) is 52.9 Å². The van der Waals surface area contributed by atoms with E-state index in [0.29, 0.717) is 22.7 Å². The summed E-state index contributed by atoms with van der Waals surface area (Å²) in [7, 11) is -0.395. The van der Waals surface area contributed by atoms with E-state index < -0.39 is 10.0 Å². The number of rotatable bonds is 6.